The molecular weight excluding hydrogens is 309 g/mol. The van der Waals surface area contributed by atoms with Gasteiger partial charge in [-0.2, -0.15) is 13.2 Å². The predicted molar refractivity (Wildman–Crippen MR) is 79.8 cm³/mol. The molecule has 1 aromatic carbocycles. The Bertz CT molecular complexity index is 531. The van der Waals surface area contributed by atoms with Crippen molar-refractivity contribution in [3.8, 4) is 5.75 Å². The highest BCUT2D eigenvalue weighted by atomic mass is 19.4. The molecule has 2 unspecified atom stereocenters. The number of hydrogen-bond acceptors (Lipinski definition) is 3. The number of nitrogens with zero attached hydrogens (tertiary/aromatic N) is 1. The number of piperidine rings is 1. The van der Waals surface area contributed by atoms with E-state index in [1.54, 1.807) is 12.1 Å². The third-order valence-corrected chi connectivity index (χ3v) is 4.13. The summed E-state index contributed by atoms with van der Waals surface area (Å²) >= 11 is 0. The lowest BCUT2D eigenvalue weighted by molar-refractivity contribution is -0.153. The van der Waals surface area contributed by atoms with Gasteiger partial charge in [-0.1, -0.05) is 12.1 Å². The third kappa shape index (κ3) is 5.42. The van der Waals surface area contributed by atoms with Crippen molar-refractivity contribution in [1.29, 1.82) is 0 Å². The Balaban J connectivity index is 1.93. The molecule has 2 atom stereocenters. The molecule has 1 fully saturated rings. The van der Waals surface area contributed by atoms with Crippen molar-refractivity contribution in [1.82, 2.24) is 4.90 Å². The van der Waals surface area contributed by atoms with Gasteiger partial charge in [0, 0.05) is 19.1 Å². The number of carbonyl (C=O) groups is 1. The van der Waals surface area contributed by atoms with Crippen LogP contribution in [0.1, 0.15) is 25.3 Å². The van der Waals surface area contributed by atoms with E-state index < -0.39 is 12.8 Å². The molecule has 1 heterocycles. The van der Waals surface area contributed by atoms with E-state index in [1.165, 1.54) is 12.1 Å². The summed E-state index contributed by atoms with van der Waals surface area (Å²) in [6.07, 6.45) is -2.64. The molecule has 0 bridgehead atoms. The quantitative estimate of drug-likeness (QED) is 0.903. The van der Waals surface area contributed by atoms with Crippen molar-refractivity contribution in [2.75, 3.05) is 13.2 Å². The Labute approximate surface area is 133 Å². The summed E-state index contributed by atoms with van der Waals surface area (Å²) < 4.78 is 41.0. The van der Waals surface area contributed by atoms with E-state index in [0.717, 1.165) is 18.4 Å². The molecule has 7 heteroatoms. The maximum absolute atomic E-state index is 12.1. The van der Waals surface area contributed by atoms with Crippen molar-refractivity contribution in [2.45, 2.75) is 38.5 Å². The van der Waals surface area contributed by atoms with Crippen LogP contribution in [-0.4, -0.2) is 36.2 Å². The monoisotopic (exact) mass is 330 g/mol. The molecule has 2 rings (SSSR count). The van der Waals surface area contributed by atoms with Crippen molar-refractivity contribution < 1.29 is 22.7 Å². The van der Waals surface area contributed by atoms with Crippen molar-refractivity contribution >= 4 is 5.91 Å². The van der Waals surface area contributed by atoms with Crippen LogP contribution >= 0.6 is 0 Å². The summed E-state index contributed by atoms with van der Waals surface area (Å²) in [5, 5.41) is 0. The lowest BCUT2D eigenvalue weighted by Gasteiger charge is -2.36. The van der Waals surface area contributed by atoms with Crippen molar-refractivity contribution in [3.05, 3.63) is 29.8 Å². The Morgan fingerprint density at radius 3 is 2.52 bits per heavy atom. The number of alkyl halides is 3. The van der Waals surface area contributed by atoms with Gasteiger partial charge in [-0.05, 0) is 37.5 Å². The largest absolute Gasteiger partial charge is 0.484 e. The normalized spacial score (nSPS) is 22.8. The van der Waals surface area contributed by atoms with E-state index in [9.17, 15) is 18.0 Å². The maximum atomic E-state index is 12.1. The molecule has 0 radical (unpaired) electrons. The van der Waals surface area contributed by atoms with Gasteiger partial charge in [0.25, 0.3) is 0 Å². The number of halogens is 3. The van der Waals surface area contributed by atoms with Crippen LogP contribution in [0.3, 0.4) is 0 Å². The molecule has 1 aromatic rings. The zero-order valence-electron chi connectivity index (χ0n) is 13.0. The SMILES string of the molecule is CC1CCC(C(N)=O)CN1Cc1ccc(OCC(F)(F)F)cc1. The van der Waals surface area contributed by atoms with E-state index in [0.29, 0.717) is 19.1 Å². The average Bonchev–Trinajstić information content (AvgIpc) is 2.48. The Hall–Kier alpha value is -1.76. The fourth-order valence-corrected chi connectivity index (χ4v) is 2.72. The second-order valence-electron chi connectivity index (χ2n) is 6.00. The minimum Gasteiger partial charge on any atom is -0.484 e. The molecule has 1 amide bonds. The van der Waals surface area contributed by atoms with Gasteiger partial charge in [-0.15, -0.1) is 0 Å². The van der Waals surface area contributed by atoms with E-state index >= 15 is 0 Å². The van der Waals surface area contributed by atoms with E-state index in [-0.39, 0.29) is 17.6 Å². The number of amides is 1. The first-order chi connectivity index (χ1) is 10.7. The zero-order valence-corrected chi connectivity index (χ0v) is 13.0. The smallest absolute Gasteiger partial charge is 0.422 e. The number of carbonyl (C=O) groups excluding carboxylic acids is 1. The summed E-state index contributed by atoms with van der Waals surface area (Å²) in [6, 6.07) is 6.88. The van der Waals surface area contributed by atoms with Crippen LogP contribution in [0.4, 0.5) is 13.2 Å². The highest BCUT2D eigenvalue weighted by Gasteiger charge is 2.29. The highest BCUT2D eigenvalue weighted by molar-refractivity contribution is 5.76. The summed E-state index contributed by atoms with van der Waals surface area (Å²) in [5.74, 6) is -0.230. The zero-order chi connectivity index (χ0) is 17.0. The molecule has 4 nitrogen and oxygen atoms in total. The van der Waals surface area contributed by atoms with Crippen LogP contribution in [0, 0.1) is 5.92 Å². The topological polar surface area (TPSA) is 55.6 Å². The van der Waals surface area contributed by atoms with Gasteiger partial charge in [-0.25, -0.2) is 0 Å². The lowest BCUT2D eigenvalue weighted by Crippen LogP contribution is -2.45. The van der Waals surface area contributed by atoms with Crippen LogP contribution in [0.25, 0.3) is 0 Å². The molecular formula is C16H21F3N2O2. The van der Waals surface area contributed by atoms with Crippen LogP contribution < -0.4 is 10.5 Å². The number of nitrogens with two attached hydrogens (primary N) is 1. The van der Waals surface area contributed by atoms with Crippen molar-refractivity contribution in [3.63, 3.8) is 0 Å². The number of likely N-dealkylation sites (tertiary alicyclic amines) is 1. The van der Waals surface area contributed by atoms with Crippen LogP contribution in [-0.2, 0) is 11.3 Å². The highest BCUT2D eigenvalue weighted by Crippen LogP contribution is 2.24. The van der Waals surface area contributed by atoms with E-state index in [2.05, 4.69) is 16.6 Å². The molecule has 0 aliphatic carbocycles. The first-order valence-electron chi connectivity index (χ1n) is 7.56. The van der Waals surface area contributed by atoms with Gasteiger partial charge in [0.2, 0.25) is 5.91 Å². The summed E-state index contributed by atoms with van der Waals surface area (Å²) in [4.78, 5) is 13.5. The molecule has 1 saturated heterocycles. The van der Waals surface area contributed by atoms with Gasteiger partial charge in [0.1, 0.15) is 5.75 Å². The second kappa shape index (κ2) is 7.21. The number of benzene rings is 1. The fraction of sp³-hybridized carbons (Fsp3) is 0.562. The van der Waals surface area contributed by atoms with Crippen molar-refractivity contribution in [2.24, 2.45) is 11.7 Å². The minimum atomic E-state index is -4.34. The van der Waals surface area contributed by atoms with Crippen LogP contribution in [0.15, 0.2) is 24.3 Å². The summed E-state index contributed by atoms with van der Waals surface area (Å²) in [6.45, 7) is 2.04. The summed E-state index contributed by atoms with van der Waals surface area (Å²) in [5.41, 5.74) is 6.34. The molecule has 23 heavy (non-hydrogen) atoms. The van der Waals surface area contributed by atoms with Gasteiger partial charge in [0.05, 0.1) is 5.92 Å². The molecule has 2 N–H and O–H groups in total. The van der Waals surface area contributed by atoms with Gasteiger partial charge < -0.3 is 10.5 Å². The Kier molecular flexibility index (Phi) is 5.51. The van der Waals surface area contributed by atoms with Crippen LogP contribution in [0.2, 0.25) is 0 Å². The number of primary amides is 1. The minimum absolute atomic E-state index is 0.138. The number of rotatable bonds is 5. The first-order valence-corrected chi connectivity index (χ1v) is 7.56. The van der Waals surface area contributed by atoms with Gasteiger partial charge in [0.15, 0.2) is 6.61 Å². The molecule has 128 valence electrons. The van der Waals surface area contributed by atoms with E-state index in [1.807, 2.05) is 0 Å². The van der Waals surface area contributed by atoms with E-state index in [4.69, 9.17) is 5.73 Å². The second-order valence-corrected chi connectivity index (χ2v) is 6.00. The van der Waals surface area contributed by atoms with Gasteiger partial charge in [-0.3, -0.25) is 9.69 Å². The molecule has 0 spiro atoms. The third-order valence-electron chi connectivity index (χ3n) is 4.13. The molecule has 0 saturated carbocycles. The number of hydrogen-bond donors (Lipinski definition) is 1. The summed E-state index contributed by atoms with van der Waals surface area (Å²) in [7, 11) is 0. The molecule has 0 aromatic heterocycles. The first kappa shape index (κ1) is 17.6. The van der Waals surface area contributed by atoms with Crippen LogP contribution in [0.5, 0.6) is 5.75 Å². The average molecular weight is 330 g/mol. The predicted octanol–water partition coefficient (Wildman–Crippen LogP) is 2.71. The lowest BCUT2D eigenvalue weighted by atomic mass is 9.92. The number of ether oxygens (including phenoxy) is 1. The molecule has 1 aliphatic rings. The van der Waals surface area contributed by atoms with Gasteiger partial charge >= 0.3 is 6.18 Å². The fourth-order valence-electron chi connectivity index (χ4n) is 2.72. The Morgan fingerprint density at radius 1 is 1.30 bits per heavy atom. The standard InChI is InChI=1S/C16H21F3N2O2/c1-11-2-5-13(15(20)22)9-21(11)8-12-3-6-14(7-4-12)23-10-16(17,18)19/h3-4,6-7,11,13H,2,5,8-10H2,1H3,(H2,20,22). The Morgan fingerprint density at radius 2 is 1.96 bits per heavy atom. The maximum Gasteiger partial charge on any atom is 0.422 e. The molecule has 1 aliphatic heterocycles.